The normalized spacial score (nSPS) is 11.7. The Kier molecular flexibility index (Phi) is 7.09. The Balaban J connectivity index is 1.92. The molecule has 0 bridgehead atoms. The van der Waals surface area contributed by atoms with E-state index in [0.29, 0.717) is 29.7 Å². The van der Waals surface area contributed by atoms with Crippen LogP contribution < -0.4 is 16.2 Å². The van der Waals surface area contributed by atoms with E-state index in [-0.39, 0.29) is 50.3 Å². The number of carbonyl (C=O) groups is 1. The van der Waals surface area contributed by atoms with Crippen molar-refractivity contribution >= 4 is 32.8 Å². The highest BCUT2D eigenvalue weighted by atomic mass is 32.2. The second kappa shape index (κ2) is 10.1. The Bertz CT molecular complexity index is 1680. The molecule has 0 saturated carbocycles. The zero-order chi connectivity index (χ0) is 27.8. The van der Waals surface area contributed by atoms with Gasteiger partial charge in [0.05, 0.1) is 21.5 Å². The number of likely N-dealkylation sites (N-methyl/N-ethyl adjacent to an activating group) is 1. The van der Waals surface area contributed by atoms with Crippen LogP contribution in [0, 0.1) is 5.41 Å². The second-order valence-corrected chi connectivity index (χ2v) is 10.5. The number of sulfonamides is 1. The number of rotatable bonds is 8. The van der Waals surface area contributed by atoms with E-state index in [2.05, 4.69) is 15.3 Å². The topological polar surface area (TPSA) is 212 Å². The first-order valence-electron chi connectivity index (χ1n) is 11.4. The van der Waals surface area contributed by atoms with Crippen LogP contribution in [0.4, 0.5) is 0 Å². The molecular formula is C25H27N7O5S. The van der Waals surface area contributed by atoms with Crippen LogP contribution in [-0.2, 0) is 10.0 Å². The van der Waals surface area contributed by atoms with Crippen LogP contribution in [0.25, 0.3) is 33.5 Å². The zero-order valence-corrected chi connectivity index (χ0v) is 21.4. The van der Waals surface area contributed by atoms with Gasteiger partial charge in [0.25, 0.3) is 5.91 Å². The lowest BCUT2D eigenvalue weighted by Gasteiger charge is -2.15. The number of primary sulfonamides is 1. The number of nitrogens with one attached hydrogen (secondary N) is 3. The molecule has 1 amide bonds. The van der Waals surface area contributed by atoms with Crippen LogP contribution in [0.3, 0.4) is 0 Å². The van der Waals surface area contributed by atoms with Crippen LogP contribution >= 0.6 is 0 Å². The number of aromatic amines is 1. The summed E-state index contributed by atoms with van der Waals surface area (Å²) in [5.41, 5.74) is 7.30. The molecule has 0 fully saturated rings. The average Bonchev–Trinajstić information content (AvgIpc) is 3.26. The van der Waals surface area contributed by atoms with Gasteiger partial charge in [0.2, 0.25) is 10.0 Å². The molecule has 3 aromatic carbocycles. The summed E-state index contributed by atoms with van der Waals surface area (Å²) in [4.78, 5) is 22.2. The second-order valence-electron chi connectivity index (χ2n) is 8.93. The number of amides is 1. The van der Waals surface area contributed by atoms with Gasteiger partial charge in [-0.25, -0.2) is 18.5 Å². The highest BCUT2D eigenvalue weighted by molar-refractivity contribution is 7.89. The van der Waals surface area contributed by atoms with Gasteiger partial charge >= 0.3 is 0 Å². The molecule has 12 nitrogen and oxygen atoms in total. The van der Waals surface area contributed by atoms with Crippen LogP contribution in [-0.4, -0.2) is 72.4 Å². The van der Waals surface area contributed by atoms with Gasteiger partial charge in [0, 0.05) is 35.3 Å². The van der Waals surface area contributed by atoms with E-state index in [9.17, 15) is 23.4 Å². The Morgan fingerprint density at radius 3 is 2.42 bits per heavy atom. The molecular weight excluding hydrogens is 510 g/mol. The van der Waals surface area contributed by atoms with E-state index in [4.69, 9.17) is 16.3 Å². The summed E-state index contributed by atoms with van der Waals surface area (Å²) >= 11 is 0. The molecule has 1 aromatic heterocycles. The molecule has 0 aliphatic rings. The number of phenolic OH excluding ortho intramolecular Hbond substituents is 2. The first kappa shape index (κ1) is 26.6. The summed E-state index contributed by atoms with van der Waals surface area (Å²) in [5.74, 6) is -1.08. The highest BCUT2D eigenvalue weighted by Crippen LogP contribution is 2.42. The molecule has 0 atom stereocenters. The average molecular weight is 538 g/mol. The molecule has 0 radical (unpaired) electrons. The lowest BCUT2D eigenvalue weighted by Crippen LogP contribution is -2.31. The Morgan fingerprint density at radius 2 is 1.76 bits per heavy atom. The number of nitrogen functional groups attached to an aromatic ring is 1. The van der Waals surface area contributed by atoms with Gasteiger partial charge in [-0.05, 0) is 62.6 Å². The maximum absolute atomic E-state index is 13.0. The lowest BCUT2D eigenvalue weighted by atomic mass is 9.96. The molecule has 0 saturated heterocycles. The van der Waals surface area contributed by atoms with Crippen LogP contribution in [0.5, 0.6) is 11.5 Å². The van der Waals surface area contributed by atoms with Gasteiger partial charge in [-0.3, -0.25) is 10.2 Å². The van der Waals surface area contributed by atoms with Crippen molar-refractivity contribution in [3.05, 3.63) is 59.7 Å². The number of hydrogen-bond acceptors (Lipinski definition) is 8. The number of imidazole rings is 1. The quantitative estimate of drug-likeness (QED) is 0.129. The Morgan fingerprint density at radius 1 is 1.05 bits per heavy atom. The van der Waals surface area contributed by atoms with Crippen LogP contribution in [0.15, 0.2) is 53.4 Å². The third-order valence-electron chi connectivity index (χ3n) is 5.85. The van der Waals surface area contributed by atoms with Gasteiger partial charge < -0.3 is 31.1 Å². The minimum absolute atomic E-state index is 0.00635. The van der Waals surface area contributed by atoms with Crippen molar-refractivity contribution in [1.29, 1.82) is 5.41 Å². The van der Waals surface area contributed by atoms with Crippen molar-refractivity contribution in [2.75, 3.05) is 27.2 Å². The summed E-state index contributed by atoms with van der Waals surface area (Å²) in [5, 5.41) is 37.6. The molecule has 0 aliphatic carbocycles. The van der Waals surface area contributed by atoms with E-state index in [0.717, 1.165) is 18.2 Å². The summed E-state index contributed by atoms with van der Waals surface area (Å²) < 4.78 is 23.9. The maximum atomic E-state index is 13.0. The predicted molar refractivity (Wildman–Crippen MR) is 144 cm³/mol. The molecule has 4 rings (SSSR count). The number of hydrogen-bond donors (Lipinski definition) is 7. The Labute approximate surface area is 218 Å². The number of nitrogens with zero attached hydrogens (tertiary/aromatic N) is 2. The third kappa shape index (κ3) is 5.44. The lowest BCUT2D eigenvalue weighted by molar-refractivity contribution is 0.0951. The largest absolute Gasteiger partial charge is 0.507 e. The minimum Gasteiger partial charge on any atom is -0.507 e. The summed E-state index contributed by atoms with van der Waals surface area (Å²) in [6.07, 6.45) is 0. The fraction of sp³-hybridized carbons (Fsp3) is 0.160. The number of aromatic hydroxyl groups is 2. The molecule has 1 heterocycles. The highest BCUT2D eigenvalue weighted by Gasteiger charge is 2.22. The van der Waals surface area contributed by atoms with Crippen molar-refractivity contribution in [2.24, 2.45) is 10.9 Å². The van der Waals surface area contributed by atoms with E-state index in [1.54, 1.807) is 18.2 Å². The van der Waals surface area contributed by atoms with Crippen molar-refractivity contribution in [2.45, 2.75) is 4.90 Å². The number of aromatic nitrogens is 2. The molecule has 38 heavy (non-hydrogen) atoms. The molecule has 13 heteroatoms. The van der Waals surface area contributed by atoms with Gasteiger partial charge in [0.15, 0.2) is 0 Å². The van der Waals surface area contributed by atoms with Crippen molar-refractivity contribution in [3.8, 4) is 34.0 Å². The van der Waals surface area contributed by atoms with Crippen LogP contribution in [0.1, 0.15) is 15.9 Å². The first-order valence-corrected chi connectivity index (χ1v) is 12.9. The third-order valence-corrected chi connectivity index (χ3v) is 6.76. The monoisotopic (exact) mass is 537 g/mol. The van der Waals surface area contributed by atoms with Crippen molar-refractivity contribution in [3.63, 3.8) is 0 Å². The Hall–Kier alpha value is -4.46. The maximum Gasteiger partial charge on any atom is 0.251 e. The number of phenols is 2. The van der Waals surface area contributed by atoms with E-state index < -0.39 is 15.9 Å². The number of nitrogens with two attached hydrogens (primary N) is 2. The molecule has 0 unspecified atom stereocenters. The SMILES string of the molecule is CN(C)CCNC(=O)c1cc(-c2nc3cc(C(=N)N)ccc3[nH]2)c(O)c(-c2cc(S(N)(=O)=O)ccc2O)c1. The molecule has 0 aliphatic heterocycles. The smallest absolute Gasteiger partial charge is 0.251 e. The van der Waals surface area contributed by atoms with E-state index in [1.807, 2.05) is 19.0 Å². The number of carbonyl (C=O) groups excluding carboxylic acids is 1. The van der Waals surface area contributed by atoms with E-state index in [1.165, 1.54) is 12.1 Å². The summed E-state index contributed by atoms with van der Waals surface area (Å²) in [6, 6.07) is 11.1. The van der Waals surface area contributed by atoms with Gasteiger partial charge in [-0.1, -0.05) is 0 Å². The van der Waals surface area contributed by atoms with Crippen molar-refractivity contribution < 1.29 is 23.4 Å². The van der Waals surface area contributed by atoms with Crippen molar-refractivity contribution in [1.82, 2.24) is 20.2 Å². The molecule has 9 N–H and O–H groups in total. The van der Waals surface area contributed by atoms with Gasteiger partial charge in [0.1, 0.15) is 23.2 Å². The number of amidine groups is 1. The number of benzene rings is 3. The fourth-order valence-electron chi connectivity index (χ4n) is 3.86. The van der Waals surface area contributed by atoms with E-state index >= 15 is 0 Å². The molecule has 198 valence electrons. The zero-order valence-electron chi connectivity index (χ0n) is 20.6. The summed E-state index contributed by atoms with van der Waals surface area (Å²) in [7, 11) is -0.394. The first-order chi connectivity index (χ1) is 17.8. The summed E-state index contributed by atoms with van der Waals surface area (Å²) in [6.45, 7) is 0.935. The fourth-order valence-corrected chi connectivity index (χ4v) is 4.40. The van der Waals surface area contributed by atoms with Gasteiger partial charge in [-0.15, -0.1) is 0 Å². The molecule has 0 spiro atoms. The van der Waals surface area contributed by atoms with Crippen LogP contribution in [0.2, 0.25) is 0 Å². The molecule has 4 aromatic rings. The predicted octanol–water partition coefficient (Wildman–Crippen LogP) is 1.53. The minimum atomic E-state index is -4.12. The standard InChI is InChI=1S/C25H27N7O5S/c1-32(2)8-7-29-25(35)14-9-17(16-12-15(38(28,36)37)4-6-21(16)33)22(34)18(10-14)24-30-19-5-3-13(23(26)27)11-20(19)31-24/h3-6,9-12,33-34H,7-8H2,1-2H3,(H3,26,27)(H,29,35)(H,30,31)(H2,28,36,37). The number of H-pyrrole nitrogens is 1. The van der Waals surface area contributed by atoms with Gasteiger partial charge in [-0.2, -0.15) is 0 Å². The number of fused-ring (bicyclic) bond motifs is 1.